The van der Waals surface area contributed by atoms with E-state index in [1.807, 2.05) is 18.7 Å². The molecule has 1 amide bonds. The van der Waals surface area contributed by atoms with E-state index < -0.39 is 0 Å². The van der Waals surface area contributed by atoms with Gasteiger partial charge in [-0.25, -0.2) is 0 Å². The molecule has 0 saturated carbocycles. The van der Waals surface area contributed by atoms with Crippen LogP contribution < -0.4 is 5.73 Å². The summed E-state index contributed by atoms with van der Waals surface area (Å²) < 4.78 is 0. The summed E-state index contributed by atoms with van der Waals surface area (Å²) in [6.07, 6.45) is 0.962. The predicted molar refractivity (Wildman–Crippen MR) is 79.7 cm³/mol. The molecule has 0 radical (unpaired) electrons. The number of aryl methyl sites for hydroxylation is 1. The van der Waals surface area contributed by atoms with E-state index in [0.29, 0.717) is 6.54 Å². The highest BCUT2D eigenvalue weighted by Crippen LogP contribution is 2.12. The van der Waals surface area contributed by atoms with Gasteiger partial charge in [0.1, 0.15) is 0 Å². The lowest BCUT2D eigenvalue weighted by atomic mass is 10.0. The second kappa shape index (κ2) is 7.29. The molecule has 2 atom stereocenters. The lowest BCUT2D eigenvalue weighted by molar-refractivity contribution is -0.136. The Kier molecular flexibility index (Phi) is 6.03. The normalized spacial score (nSPS) is 13.9. The maximum absolute atomic E-state index is 12.4. The van der Waals surface area contributed by atoms with Gasteiger partial charge in [-0.3, -0.25) is 4.79 Å². The first kappa shape index (κ1) is 15.7. The van der Waals surface area contributed by atoms with Crippen molar-refractivity contribution in [1.29, 1.82) is 0 Å². The molecule has 0 heterocycles. The van der Waals surface area contributed by atoms with E-state index in [-0.39, 0.29) is 17.9 Å². The number of benzene rings is 1. The number of carbonyl (C=O) groups excluding carboxylic acids is 1. The summed E-state index contributed by atoms with van der Waals surface area (Å²) in [5, 5.41) is 0. The average Bonchev–Trinajstić information content (AvgIpc) is 2.39. The summed E-state index contributed by atoms with van der Waals surface area (Å²) in [7, 11) is 0. The quantitative estimate of drug-likeness (QED) is 0.857. The van der Waals surface area contributed by atoms with Crippen molar-refractivity contribution in [1.82, 2.24) is 4.90 Å². The molecule has 0 aliphatic carbocycles. The first-order valence-electron chi connectivity index (χ1n) is 7.05. The van der Waals surface area contributed by atoms with Crippen molar-refractivity contribution in [2.24, 2.45) is 11.7 Å². The number of rotatable bonds is 6. The Labute approximate surface area is 116 Å². The van der Waals surface area contributed by atoms with Gasteiger partial charge in [0.15, 0.2) is 0 Å². The van der Waals surface area contributed by atoms with Gasteiger partial charge in [0, 0.05) is 19.1 Å². The van der Waals surface area contributed by atoms with Crippen LogP contribution in [0, 0.1) is 12.8 Å². The number of nitrogens with zero attached hydrogens (tertiary/aromatic N) is 1. The van der Waals surface area contributed by atoms with Gasteiger partial charge < -0.3 is 10.6 Å². The molecular weight excluding hydrogens is 236 g/mol. The molecule has 3 nitrogen and oxygen atoms in total. The first-order chi connectivity index (χ1) is 8.95. The molecule has 0 aliphatic rings. The van der Waals surface area contributed by atoms with E-state index in [0.717, 1.165) is 13.0 Å². The number of hydrogen-bond acceptors (Lipinski definition) is 2. The van der Waals surface area contributed by atoms with Crippen LogP contribution in [0.1, 0.15) is 38.3 Å². The largest absolute Gasteiger partial charge is 0.338 e. The van der Waals surface area contributed by atoms with Crippen molar-refractivity contribution in [3.8, 4) is 0 Å². The fraction of sp³-hybridized carbons (Fsp3) is 0.562. The standard InChI is InChI=1S/C16H26N2O/c1-5-10-18(16(19)13(3)14(4)17)11-15-8-6-12(2)7-9-15/h6-9,13-14H,5,10-11,17H2,1-4H3. The fourth-order valence-corrected chi connectivity index (χ4v) is 1.96. The highest BCUT2D eigenvalue weighted by Gasteiger charge is 2.22. The summed E-state index contributed by atoms with van der Waals surface area (Å²) in [6, 6.07) is 8.23. The highest BCUT2D eigenvalue weighted by molar-refractivity contribution is 5.79. The second-order valence-electron chi connectivity index (χ2n) is 5.39. The SMILES string of the molecule is CCCN(Cc1ccc(C)cc1)C(=O)C(C)C(C)N. The first-order valence-corrected chi connectivity index (χ1v) is 7.05. The van der Waals surface area contributed by atoms with Crippen LogP contribution in [0.25, 0.3) is 0 Å². The molecule has 0 saturated heterocycles. The Morgan fingerprint density at radius 3 is 2.32 bits per heavy atom. The van der Waals surface area contributed by atoms with E-state index in [1.54, 1.807) is 0 Å². The summed E-state index contributed by atoms with van der Waals surface area (Å²) in [4.78, 5) is 14.3. The van der Waals surface area contributed by atoms with Gasteiger partial charge >= 0.3 is 0 Å². The smallest absolute Gasteiger partial charge is 0.227 e. The maximum atomic E-state index is 12.4. The van der Waals surface area contributed by atoms with Crippen LogP contribution in [0.4, 0.5) is 0 Å². The lowest BCUT2D eigenvalue weighted by Crippen LogP contribution is -2.41. The summed E-state index contributed by atoms with van der Waals surface area (Å²) in [5.74, 6) is 0.0226. The molecule has 1 aromatic carbocycles. The predicted octanol–water partition coefficient (Wildman–Crippen LogP) is 2.72. The van der Waals surface area contributed by atoms with E-state index in [2.05, 4.69) is 38.1 Å². The van der Waals surface area contributed by atoms with Crippen molar-refractivity contribution >= 4 is 5.91 Å². The van der Waals surface area contributed by atoms with Gasteiger partial charge in [0.2, 0.25) is 5.91 Å². The molecule has 0 aliphatic heterocycles. The zero-order chi connectivity index (χ0) is 14.4. The molecule has 106 valence electrons. The summed E-state index contributed by atoms with van der Waals surface area (Å²) >= 11 is 0. The van der Waals surface area contributed by atoms with Crippen molar-refractivity contribution in [2.45, 2.75) is 46.7 Å². The van der Waals surface area contributed by atoms with Gasteiger partial charge in [0.05, 0.1) is 5.92 Å². The average molecular weight is 262 g/mol. The molecule has 3 heteroatoms. The third-order valence-corrected chi connectivity index (χ3v) is 3.48. The van der Waals surface area contributed by atoms with Crippen LogP contribution in [0.2, 0.25) is 0 Å². The van der Waals surface area contributed by atoms with E-state index in [9.17, 15) is 4.79 Å². The Morgan fingerprint density at radius 1 is 1.26 bits per heavy atom. The van der Waals surface area contributed by atoms with Crippen LogP contribution >= 0.6 is 0 Å². The second-order valence-corrected chi connectivity index (χ2v) is 5.39. The van der Waals surface area contributed by atoms with Gasteiger partial charge in [0.25, 0.3) is 0 Å². The third kappa shape index (κ3) is 4.67. The topological polar surface area (TPSA) is 46.3 Å². The number of amides is 1. The van der Waals surface area contributed by atoms with E-state index in [1.165, 1.54) is 11.1 Å². The van der Waals surface area contributed by atoms with Crippen LogP contribution in [-0.4, -0.2) is 23.4 Å². The Balaban J connectivity index is 2.77. The number of nitrogens with two attached hydrogens (primary N) is 1. The zero-order valence-electron chi connectivity index (χ0n) is 12.5. The van der Waals surface area contributed by atoms with Crippen LogP contribution in [0.3, 0.4) is 0 Å². The van der Waals surface area contributed by atoms with E-state index >= 15 is 0 Å². The summed E-state index contributed by atoms with van der Waals surface area (Å²) in [5.41, 5.74) is 8.24. The molecule has 0 fully saturated rings. The molecule has 19 heavy (non-hydrogen) atoms. The molecule has 1 rings (SSSR count). The van der Waals surface area contributed by atoms with Crippen LogP contribution in [0.15, 0.2) is 24.3 Å². The minimum Gasteiger partial charge on any atom is -0.338 e. The van der Waals surface area contributed by atoms with Crippen molar-refractivity contribution in [3.63, 3.8) is 0 Å². The molecule has 2 N–H and O–H groups in total. The third-order valence-electron chi connectivity index (χ3n) is 3.48. The fourth-order valence-electron chi connectivity index (χ4n) is 1.96. The number of carbonyl (C=O) groups is 1. The minimum absolute atomic E-state index is 0.107. The van der Waals surface area contributed by atoms with E-state index in [4.69, 9.17) is 5.73 Å². The number of hydrogen-bond donors (Lipinski definition) is 1. The Bertz CT molecular complexity index is 398. The molecular formula is C16H26N2O. The van der Waals surface area contributed by atoms with Gasteiger partial charge in [-0.1, -0.05) is 43.7 Å². The monoisotopic (exact) mass is 262 g/mol. The van der Waals surface area contributed by atoms with Gasteiger partial charge in [-0.2, -0.15) is 0 Å². The van der Waals surface area contributed by atoms with Crippen molar-refractivity contribution < 1.29 is 4.79 Å². The van der Waals surface area contributed by atoms with Crippen LogP contribution in [-0.2, 0) is 11.3 Å². The van der Waals surface area contributed by atoms with Crippen molar-refractivity contribution in [3.05, 3.63) is 35.4 Å². The molecule has 2 unspecified atom stereocenters. The maximum Gasteiger partial charge on any atom is 0.227 e. The molecule has 1 aromatic rings. The minimum atomic E-state index is -0.128. The molecule has 0 bridgehead atoms. The Hall–Kier alpha value is -1.35. The van der Waals surface area contributed by atoms with Gasteiger partial charge in [-0.15, -0.1) is 0 Å². The van der Waals surface area contributed by atoms with Crippen molar-refractivity contribution in [2.75, 3.05) is 6.54 Å². The lowest BCUT2D eigenvalue weighted by Gasteiger charge is -2.27. The van der Waals surface area contributed by atoms with Crippen LogP contribution in [0.5, 0.6) is 0 Å². The van der Waals surface area contributed by atoms with Gasteiger partial charge in [-0.05, 0) is 25.8 Å². The molecule has 0 spiro atoms. The zero-order valence-corrected chi connectivity index (χ0v) is 12.5. The highest BCUT2D eigenvalue weighted by atomic mass is 16.2. The molecule has 0 aromatic heterocycles. The summed E-state index contributed by atoms with van der Waals surface area (Å²) in [6.45, 7) is 9.40. The Morgan fingerprint density at radius 2 is 1.84 bits per heavy atom.